The maximum absolute atomic E-state index is 11.8. The molecule has 1 aliphatic rings. The Bertz CT molecular complexity index is 389. The third-order valence-electron chi connectivity index (χ3n) is 3.69. The van der Waals surface area contributed by atoms with Crippen molar-refractivity contribution < 1.29 is 4.79 Å². The van der Waals surface area contributed by atoms with E-state index in [2.05, 4.69) is 31.5 Å². The summed E-state index contributed by atoms with van der Waals surface area (Å²) in [5.74, 6) is 0.956. The van der Waals surface area contributed by atoms with E-state index in [0.29, 0.717) is 17.7 Å². The fraction of sp³-hybridized carbons (Fsp3) is 0.643. The Hall–Kier alpha value is -1.05. The van der Waals surface area contributed by atoms with Crippen LogP contribution in [0.1, 0.15) is 62.1 Å². The third kappa shape index (κ3) is 1.81. The summed E-state index contributed by atoms with van der Waals surface area (Å²) in [5, 5.41) is 0. The number of ketones is 1. The van der Waals surface area contributed by atoms with Gasteiger partial charge in [-0.2, -0.15) is 0 Å². The van der Waals surface area contributed by atoms with Gasteiger partial charge in [0.25, 0.3) is 0 Å². The summed E-state index contributed by atoms with van der Waals surface area (Å²) in [6, 6.07) is 2.55. The van der Waals surface area contributed by atoms with Gasteiger partial charge in [0.1, 0.15) is 0 Å². The molecule has 0 amide bonds. The lowest BCUT2D eigenvalue weighted by molar-refractivity contribution is 0.0971. The summed E-state index contributed by atoms with van der Waals surface area (Å²) in [6.45, 7) is 6.73. The van der Waals surface area contributed by atoms with Crippen molar-refractivity contribution in [1.29, 1.82) is 0 Å². The molecule has 0 saturated carbocycles. The van der Waals surface area contributed by atoms with Crippen molar-refractivity contribution in [2.24, 2.45) is 5.92 Å². The van der Waals surface area contributed by atoms with E-state index in [1.54, 1.807) is 0 Å². The van der Waals surface area contributed by atoms with Gasteiger partial charge in [-0.1, -0.05) is 20.8 Å². The highest BCUT2D eigenvalue weighted by Crippen LogP contribution is 2.29. The number of nitrogens with zero attached hydrogens (tertiary/aromatic N) is 1. The van der Waals surface area contributed by atoms with Crippen LogP contribution in [-0.4, -0.2) is 10.4 Å². The predicted molar refractivity (Wildman–Crippen MR) is 65.9 cm³/mol. The van der Waals surface area contributed by atoms with E-state index in [-0.39, 0.29) is 0 Å². The summed E-state index contributed by atoms with van der Waals surface area (Å²) < 4.78 is 2.34. The van der Waals surface area contributed by atoms with Gasteiger partial charge >= 0.3 is 0 Å². The molecule has 1 heterocycles. The van der Waals surface area contributed by atoms with Crippen molar-refractivity contribution in [2.75, 3.05) is 0 Å². The van der Waals surface area contributed by atoms with Crippen LogP contribution in [0.2, 0.25) is 0 Å². The summed E-state index contributed by atoms with van der Waals surface area (Å²) >= 11 is 0. The monoisotopic (exact) mass is 219 g/mol. The van der Waals surface area contributed by atoms with Crippen LogP contribution >= 0.6 is 0 Å². The lowest BCUT2D eigenvalue weighted by Crippen LogP contribution is -2.19. The van der Waals surface area contributed by atoms with Gasteiger partial charge in [-0.15, -0.1) is 0 Å². The topological polar surface area (TPSA) is 22.0 Å². The number of hydrogen-bond donors (Lipinski definition) is 0. The Morgan fingerprint density at radius 1 is 1.38 bits per heavy atom. The molecule has 1 unspecified atom stereocenters. The average Bonchev–Trinajstić information content (AvgIpc) is 2.64. The van der Waals surface area contributed by atoms with Crippen LogP contribution in [0.25, 0.3) is 0 Å². The smallest absolute Gasteiger partial charge is 0.164 e. The molecule has 2 rings (SSSR count). The lowest BCUT2D eigenvalue weighted by Gasteiger charge is -2.25. The second-order valence-corrected chi connectivity index (χ2v) is 5.08. The molecule has 0 saturated heterocycles. The highest BCUT2D eigenvalue weighted by Gasteiger charge is 2.24. The zero-order valence-corrected chi connectivity index (χ0v) is 10.5. The highest BCUT2D eigenvalue weighted by atomic mass is 16.1. The van der Waals surface area contributed by atoms with E-state index >= 15 is 0 Å². The maximum atomic E-state index is 11.8. The number of Topliss-reactive ketones (excluding diaryl/α,β-unsaturated/α-hetero) is 1. The fourth-order valence-corrected chi connectivity index (χ4v) is 2.85. The standard InChI is InChI=1S/C14H21NO/c1-4-12(10(2)3)15-9-8-11-13(15)6-5-7-14(11)16/h8-10,12H,4-7H2,1-3H3. The van der Waals surface area contributed by atoms with E-state index in [0.717, 1.165) is 31.2 Å². The molecule has 0 spiro atoms. The number of carbonyl (C=O) groups excluding carboxylic acids is 1. The normalized spacial score (nSPS) is 17.6. The molecule has 1 aliphatic carbocycles. The van der Waals surface area contributed by atoms with Gasteiger partial charge in [-0.25, -0.2) is 0 Å². The first-order valence-corrected chi connectivity index (χ1v) is 6.38. The average molecular weight is 219 g/mol. The van der Waals surface area contributed by atoms with Crippen LogP contribution in [0.15, 0.2) is 12.3 Å². The molecule has 0 radical (unpaired) electrons. The molecule has 0 N–H and O–H groups in total. The van der Waals surface area contributed by atoms with Crippen LogP contribution in [0.3, 0.4) is 0 Å². The minimum absolute atomic E-state index is 0.332. The van der Waals surface area contributed by atoms with Crippen LogP contribution < -0.4 is 0 Å². The second kappa shape index (κ2) is 4.44. The molecule has 88 valence electrons. The van der Waals surface area contributed by atoms with Gasteiger partial charge in [-0.3, -0.25) is 4.79 Å². The highest BCUT2D eigenvalue weighted by molar-refractivity contribution is 5.98. The van der Waals surface area contributed by atoms with Crippen molar-refractivity contribution in [2.45, 2.75) is 52.5 Å². The van der Waals surface area contributed by atoms with Crippen LogP contribution in [0.5, 0.6) is 0 Å². The van der Waals surface area contributed by atoms with Gasteiger partial charge in [0.2, 0.25) is 0 Å². The predicted octanol–water partition coefficient (Wildman–Crippen LogP) is 3.61. The number of carbonyl (C=O) groups is 1. The van der Waals surface area contributed by atoms with Crippen molar-refractivity contribution in [1.82, 2.24) is 4.57 Å². The Kier molecular flexibility index (Phi) is 3.17. The van der Waals surface area contributed by atoms with Gasteiger partial charge in [0.05, 0.1) is 0 Å². The molecule has 16 heavy (non-hydrogen) atoms. The SMILES string of the molecule is CCC(C(C)C)n1ccc2c1CCCC2=O. The van der Waals surface area contributed by atoms with E-state index in [1.807, 2.05) is 6.07 Å². The summed E-state index contributed by atoms with van der Waals surface area (Å²) in [5.41, 5.74) is 2.25. The minimum atomic E-state index is 0.332. The summed E-state index contributed by atoms with van der Waals surface area (Å²) in [6.07, 6.45) is 6.06. The van der Waals surface area contributed by atoms with Crippen LogP contribution in [0.4, 0.5) is 0 Å². The van der Waals surface area contributed by atoms with E-state index in [1.165, 1.54) is 5.69 Å². The Balaban J connectivity index is 2.39. The van der Waals surface area contributed by atoms with Crippen LogP contribution in [0, 0.1) is 5.92 Å². The van der Waals surface area contributed by atoms with Crippen molar-refractivity contribution in [3.63, 3.8) is 0 Å². The molecule has 2 nitrogen and oxygen atoms in total. The van der Waals surface area contributed by atoms with Gasteiger partial charge in [0.15, 0.2) is 5.78 Å². The molecule has 1 atom stereocenters. The molecule has 0 fully saturated rings. The molecule has 2 heteroatoms. The minimum Gasteiger partial charge on any atom is -0.347 e. The first-order valence-electron chi connectivity index (χ1n) is 6.38. The van der Waals surface area contributed by atoms with Crippen molar-refractivity contribution in [3.8, 4) is 0 Å². The Morgan fingerprint density at radius 3 is 2.75 bits per heavy atom. The molecular weight excluding hydrogens is 198 g/mol. The van der Waals surface area contributed by atoms with Crippen molar-refractivity contribution in [3.05, 3.63) is 23.5 Å². The maximum Gasteiger partial charge on any atom is 0.164 e. The number of fused-ring (bicyclic) bond motifs is 1. The molecule has 0 bridgehead atoms. The van der Waals surface area contributed by atoms with Gasteiger partial charge in [0, 0.05) is 29.9 Å². The number of hydrogen-bond acceptors (Lipinski definition) is 1. The number of aromatic nitrogens is 1. The largest absolute Gasteiger partial charge is 0.347 e. The molecule has 1 aromatic heterocycles. The van der Waals surface area contributed by atoms with Crippen LogP contribution in [-0.2, 0) is 6.42 Å². The molecule has 1 aromatic rings. The Labute approximate surface area is 97.7 Å². The summed E-state index contributed by atoms with van der Waals surface area (Å²) in [4.78, 5) is 11.8. The Morgan fingerprint density at radius 2 is 2.12 bits per heavy atom. The van der Waals surface area contributed by atoms with E-state index < -0.39 is 0 Å². The quantitative estimate of drug-likeness (QED) is 0.761. The lowest BCUT2D eigenvalue weighted by atomic mass is 9.95. The number of rotatable bonds is 3. The molecule has 0 aliphatic heterocycles. The van der Waals surface area contributed by atoms with Crippen molar-refractivity contribution >= 4 is 5.78 Å². The zero-order chi connectivity index (χ0) is 11.7. The zero-order valence-electron chi connectivity index (χ0n) is 10.5. The first-order chi connectivity index (χ1) is 7.65. The fourth-order valence-electron chi connectivity index (χ4n) is 2.85. The molecular formula is C14H21NO. The van der Waals surface area contributed by atoms with Gasteiger partial charge in [-0.05, 0) is 31.2 Å². The molecule has 0 aromatic carbocycles. The third-order valence-corrected chi connectivity index (χ3v) is 3.69. The summed E-state index contributed by atoms with van der Waals surface area (Å²) in [7, 11) is 0. The first kappa shape index (κ1) is 11.4. The van der Waals surface area contributed by atoms with E-state index in [4.69, 9.17) is 0 Å². The van der Waals surface area contributed by atoms with E-state index in [9.17, 15) is 4.79 Å². The second-order valence-electron chi connectivity index (χ2n) is 5.08. The van der Waals surface area contributed by atoms with Gasteiger partial charge < -0.3 is 4.57 Å².